The number of nitrogens with one attached hydrogen (secondary N) is 2. The van der Waals surface area contributed by atoms with Crippen LogP contribution in [0.15, 0.2) is 36.5 Å². The number of nitrogens with two attached hydrogens (primary N) is 1. The van der Waals surface area contributed by atoms with E-state index in [1.165, 1.54) is 16.5 Å². The maximum absolute atomic E-state index is 5.60. The van der Waals surface area contributed by atoms with Crippen molar-refractivity contribution >= 4 is 16.7 Å². The molecular formula is C14H17N5. The number of anilines is 1. The Morgan fingerprint density at radius 3 is 2.89 bits per heavy atom. The van der Waals surface area contributed by atoms with Gasteiger partial charge in [-0.05, 0) is 18.7 Å². The molecule has 19 heavy (non-hydrogen) atoms. The molecule has 0 unspecified atom stereocenters. The number of rotatable bonds is 4. The third-order valence-electron chi connectivity index (χ3n) is 3.21. The number of aromatic nitrogens is 3. The molecular weight excluding hydrogens is 238 g/mol. The van der Waals surface area contributed by atoms with Crippen molar-refractivity contribution in [1.82, 2.24) is 20.1 Å². The van der Waals surface area contributed by atoms with E-state index >= 15 is 0 Å². The van der Waals surface area contributed by atoms with Gasteiger partial charge in [0.05, 0.1) is 5.69 Å². The van der Waals surface area contributed by atoms with Crippen LogP contribution in [-0.4, -0.2) is 27.1 Å². The number of hydrogen-bond acceptors (Lipinski definition) is 3. The van der Waals surface area contributed by atoms with Crippen LogP contribution < -0.4 is 5.73 Å². The molecule has 0 amide bonds. The molecule has 0 aliphatic rings. The molecule has 0 saturated heterocycles. The minimum Gasteiger partial charge on any atom is -0.382 e. The number of nitrogen functional groups attached to an aromatic ring is 1. The van der Waals surface area contributed by atoms with Crippen molar-refractivity contribution in [2.75, 3.05) is 12.8 Å². The Morgan fingerprint density at radius 2 is 2.11 bits per heavy atom. The Hall–Kier alpha value is -2.27. The molecule has 5 heteroatoms. The summed E-state index contributed by atoms with van der Waals surface area (Å²) >= 11 is 0. The maximum Gasteiger partial charge on any atom is 0.145 e. The highest BCUT2D eigenvalue weighted by Crippen LogP contribution is 2.19. The molecule has 0 atom stereocenters. The zero-order valence-electron chi connectivity index (χ0n) is 10.9. The van der Waals surface area contributed by atoms with Crippen LogP contribution in [0.2, 0.25) is 0 Å². The molecule has 0 bridgehead atoms. The maximum atomic E-state index is 5.60. The predicted molar refractivity (Wildman–Crippen MR) is 76.5 cm³/mol. The van der Waals surface area contributed by atoms with Gasteiger partial charge in [-0.15, -0.1) is 0 Å². The summed E-state index contributed by atoms with van der Waals surface area (Å²) in [6, 6.07) is 10.2. The highest BCUT2D eigenvalue weighted by Gasteiger charge is 2.07. The normalized spacial score (nSPS) is 11.5. The van der Waals surface area contributed by atoms with E-state index < -0.39 is 0 Å². The number of nitrogens with zero attached hydrogens (tertiary/aromatic N) is 2. The van der Waals surface area contributed by atoms with E-state index in [0.717, 1.165) is 18.8 Å². The van der Waals surface area contributed by atoms with Crippen molar-refractivity contribution in [3.8, 4) is 0 Å². The quantitative estimate of drug-likeness (QED) is 0.668. The fourth-order valence-corrected chi connectivity index (χ4v) is 2.36. The van der Waals surface area contributed by atoms with Crippen LogP contribution >= 0.6 is 0 Å². The van der Waals surface area contributed by atoms with Crippen LogP contribution in [0.3, 0.4) is 0 Å². The largest absolute Gasteiger partial charge is 0.382 e. The summed E-state index contributed by atoms with van der Waals surface area (Å²) in [6.45, 7) is 1.67. The molecule has 1 aromatic carbocycles. The van der Waals surface area contributed by atoms with Gasteiger partial charge in [-0.25, -0.2) is 0 Å². The van der Waals surface area contributed by atoms with Crippen molar-refractivity contribution in [2.45, 2.75) is 13.1 Å². The molecule has 2 aromatic heterocycles. The number of para-hydroxylation sites is 1. The lowest BCUT2D eigenvalue weighted by Crippen LogP contribution is -2.17. The summed E-state index contributed by atoms with van der Waals surface area (Å²) in [4.78, 5) is 5.52. The lowest BCUT2D eigenvalue weighted by molar-refractivity contribution is 0.316. The lowest BCUT2D eigenvalue weighted by Gasteiger charge is -2.14. The number of fused-ring (bicyclic) bond motifs is 1. The fourth-order valence-electron chi connectivity index (χ4n) is 2.36. The third kappa shape index (κ3) is 2.46. The van der Waals surface area contributed by atoms with Crippen molar-refractivity contribution in [3.05, 3.63) is 47.8 Å². The Balaban J connectivity index is 1.74. The fraction of sp³-hybridized carbons (Fsp3) is 0.214. The molecule has 0 aliphatic carbocycles. The Kier molecular flexibility index (Phi) is 2.97. The zero-order chi connectivity index (χ0) is 13.2. The number of benzene rings is 1. The van der Waals surface area contributed by atoms with E-state index in [0.29, 0.717) is 5.82 Å². The molecule has 2 heterocycles. The van der Waals surface area contributed by atoms with Gasteiger partial charge in [-0.1, -0.05) is 18.2 Å². The first kappa shape index (κ1) is 11.8. The summed E-state index contributed by atoms with van der Waals surface area (Å²) in [5.41, 5.74) is 9.10. The smallest absolute Gasteiger partial charge is 0.145 e. The van der Waals surface area contributed by atoms with E-state index in [2.05, 4.69) is 51.5 Å². The summed E-state index contributed by atoms with van der Waals surface area (Å²) in [5, 5.41) is 8.14. The second kappa shape index (κ2) is 4.78. The predicted octanol–water partition coefficient (Wildman–Crippen LogP) is 2.11. The number of H-pyrrole nitrogens is 2. The minimum absolute atomic E-state index is 0.537. The minimum atomic E-state index is 0.537. The van der Waals surface area contributed by atoms with Crippen LogP contribution in [-0.2, 0) is 13.1 Å². The van der Waals surface area contributed by atoms with Gasteiger partial charge in [0.2, 0.25) is 0 Å². The molecule has 4 N–H and O–H groups in total. The summed E-state index contributed by atoms with van der Waals surface area (Å²) in [5.74, 6) is 0.537. The van der Waals surface area contributed by atoms with Crippen LogP contribution in [0, 0.1) is 0 Å². The molecule has 3 rings (SSSR count). The Bertz CT molecular complexity index is 682. The van der Waals surface area contributed by atoms with E-state index in [4.69, 9.17) is 5.73 Å². The summed E-state index contributed by atoms with van der Waals surface area (Å²) < 4.78 is 0. The number of aromatic amines is 2. The van der Waals surface area contributed by atoms with Gasteiger partial charge >= 0.3 is 0 Å². The average molecular weight is 255 g/mol. The summed E-state index contributed by atoms with van der Waals surface area (Å²) in [7, 11) is 2.08. The molecule has 0 fully saturated rings. The second-order valence-electron chi connectivity index (χ2n) is 4.85. The molecule has 0 aliphatic heterocycles. The number of hydrogen-bond donors (Lipinski definition) is 3. The first-order valence-corrected chi connectivity index (χ1v) is 6.25. The molecule has 0 radical (unpaired) electrons. The van der Waals surface area contributed by atoms with Gasteiger partial charge in [0.25, 0.3) is 0 Å². The van der Waals surface area contributed by atoms with Crippen molar-refractivity contribution in [2.24, 2.45) is 0 Å². The van der Waals surface area contributed by atoms with E-state index in [1.54, 1.807) is 0 Å². The van der Waals surface area contributed by atoms with Gasteiger partial charge in [-0.2, -0.15) is 5.10 Å². The Morgan fingerprint density at radius 1 is 1.26 bits per heavy atom. The van der Waals surface area contributed by atoms with Crippen molar-refractivity contribution in [3.63, 3.8) is 0 Å². The zero-order valence-corrected chi connectivity index (χ0v) is 10.9. The second-order valence-corrected chi connectivity index (χ2v) is 4.85. The van der Waals surface area contributed by atoms with E-state index in [-0.39, 0.29) is 0 Å². The van der Waals surface area contributed by atoms with Gasteiger partial charge in [0.15, 0.2) is 0 Å². The molecule has 0 saturated carbocycles. The van der Waals surface area contributed by atoms with Gasteiger partial charge in [0, 0.05) is 36.3 Å². The monoisotopic (exact) mass is 255 g/mol. The van der Waals surface area contributed by atoms with Gasteiger partial charge in [0.1, 0.15) is 5.82 Å². The van der Waals surface area contributed by atoms with Gasteiger partial charge < -0.3 is 10.7 Å². The average Bonchev–Trinajstić information content (AvgIpc) is 2.97. The highest BCUT2D eigenvalue weighted by atomic mass is 15.2. The van der Waals surface area contributed by atoms with Gasteiger partial charge in [-0.3, -0.25) is 10.00 Å². The first-order chi connectivity index (χ1) is 9.22. The van der Waals surface area contributed by atoms with Crippen LogP contribution in [0.5, 0.6) is 0 Å². The Labute approximate surface area is 111 Å². The topological polar surface area (TPSA) is 73.7 Å². The SMILES string of the molecule is CN(Cc1cc(N)n[nH]1)Cc1c[nH]c2ccccc12. The van der Waals surface area contributed by atoms with Crippen LogP contribution in [0.1, 0.15) is 11.3 Å². The van der Waals surface area contributed by atoms with Crippen molar-refractivity contribution < 1.29 is 0 Å². The van der Waals surface area contributed by atoms with E-state index in [1.807, 2.05) is 12.1 Å². The lowest BCUT2D eigenvalue weighted by atomic mass is 10.1. The standard InChI is InChI=1S/C14H17N5/c1-19(9-11-6-14(15)18-17-11)8-10-7-16-13-5-3-2-4-12(10)13/h2-7,16H,8-9H2,1H3,(H3,15,17,18). The molecule has 3 aromatic rings. The summed E-state index contributed by atoms with van der Waals surface area (Å²) in [6.07, 6.45) is 2.07. The van der Waals surface area contributed by atoms with Crippen LogP contribution in [0.4, 0.5) is 5.82 Å². The first-order valence-electron chi connectivity index (χ1n) is 6.25. The highest BCUT2D eigenvalue weighted by molar-refractivity contribution is 5.82. The van der Waals surface area contributed by atoms with E-state index in [9.17, 15) is 0 Å². The van der Waals surface area contributed by atoms with Crippen molar-refractivity contribution in [1.29, 1.82) is 0 Å². The molecule has 98 valence electrons. The molecule has 0 spiro atoms. The van der Waals surface area contributed by atoms with Crippen LogP contribution in [0.25, 0.3) is 10.9 Å². The molecule has 5 nitrogen and oxygen atoms in total. The third-order valence-corrected chi connectivity index (χ3v) is 3.21.